The number of fused-ring (bicyclic) bond motifs is 3. The van der Waals surface area contributed by atoms with Gasteiger partial charge in [0, 0.05) is 6.42 Å². The molecule has 23 heavy (non-hydrogen) atoms. The van der Waals surface area contributed by atoms with Gasteiger partial charge in [-0.3, -0.25) is 4.79 Å². The lowest BCUT2D eigenvalue weighted by molar-refractivity contribution is -0.120. The number of aliphatic hydroxyl groups excluding tert-OH is 1. The minimum absolute atomic E-state index is 0.0772. The molecule has 1 N–H and O–H groups in total. The Labute approximate surface area is 147 Å². The van der Waals surface area contributed by atoms with Crippen LogP contribution in [0.25, 0.3) is 0 Å². The molecule has 0 amide bonds. The third kappa shape index (κ3) is 1.54. The maximum absolute atomic E-state index is 12.2. The summed E-state index contributed by atoms with van der Waals surface area (Å²) < 4.78 is 0.911. The summed E-state index contributed by atoms with van der Waals surface area (Å²) in [4.78, 5) is 12.2. The fraction of sp³-hybridized carbons (Fsp3) is 0.850. The molecule has 3 heteroatoms. The summed E-state index contributed by atoms with van der Waals surface area (Å²) in [5, 5.41) is 10.7. The van der Waals surface area contributed by atoms with Crippen LogP contribution in [0.15, 0.2) is 10.1 Å². The molecule has 0 saturated heterocycles. The Morgan fingerprint density at radius 2 is 1.91 bits per heavy atom. The molecule has 4 fully saturated rings. The second-order valence-electron chi connectivity index (χ2n) is 9.53. The van der Waals surface area contributed by atoms with Crippen LogP contribution in [0.1, 0.15) is 65.2 Å². The first-order valence-corrected chi connectivity index (χ1v) is 10.2. The van der Waals surface area contributed by atoms with Crippen molar-refractivity contribution in [1.29, 1.82) is 0 Å². The van der Waals surface area contributed by atoms with E-state index < -0.39 is 0 Å². The summed E-state index contributed by atoms with van der Waals surface area (Å²) in [7, 11) is 0. The lowest BCUT2D eigenvalue weighted by Gasteiger charge is -2.59. The van der Waals surface area contributed by atoms with Gasteiger partial charge in [0.1, 0.15) is 0 Å². The maximum atomic E-state index is 12.2. The van der Waals surface area contributed by atoms with Crippen LogP contribution in [0.5, 0.6) is 0 Å². The van der Waals surface area contributed by atoms with Crippen molar-refractivity contribution >= 4 is 21.7 Å². The molecular formula is C20H27BrO2. The molecule has 1 spiro atoms. The minimum Gasteiger partial charge on any atom is -0.393 e. The van der Waals surface area contributed by atoms with Crippen LogP contribution in [0.2, 0.25) is 0 Å². The van der Waals surface area contributed by atoms with Gasteiger partial charge in [-0.15, -0.1) is 0 Å². The largest absolute Gasteiger partial charge is 0.393 e. The molecule has 0 aromatic heterocycles. The summed E-state index contributed by atoms with van der Waals surface area (Å²) in [6.07, 6.45) is 8.81. The molecule has 0 heterocycles. The van der Waals surface area contributed by atoms with Crippen LogP contribution < -0.4 is 0 Å². The number of carbonyl (C=O) groups is 1. The Bertz CT molecular complexity index is 640. The second kappa shape index (κ2) is 4.33. The highest BCUT2D eigenvalue weighted by Crippen LogP contribution is 2.82. The summed E-state index contributed by atoms with van der Waals surface area (Å²) in [5.41, 5.74) is 2.23. The molecule has 5 aliphatic rings. The normalized spacial score (nSPS) is 57.5. The summed E-state index contributed by atoms with van der Waals surface area (Å²) in [5.74, 6) is 2.58. The Morgan fingerprint density at radius 1 is 1.13 bits per heavy atom. The molecule has 0 aromatic rings. The van der Waals surface area contributed by atoms with E-state index in [9.17, 15) is 9.90 Å². The van der Waals surface area contributed by atoms with Crippen molar-refractivity contribution in [3.05, 3.63) is 10.1 Å². The SMILES string of the molecule is C[C@]12CCC(=O)C(Br)=C1CC[C@@H]1[C@@H]2CC[C@]2(C)[C@@H](O)C[C@@H]3C[C@]312. The monoisotopic (exact) mass is 378 g/mol. The molecule has 2 nitrogen and oxygen atoms in total. The van der Waals surface area contributed by atoms with Crippen molar-refractivity contribution in [1.82, 2.24) is 0 Å². The molecule has 7 atom stereocenters. The first-order valence-electron chi connectivity index (χ1n) is 9.45. The molecule has 5 aliphatic carbocycles. The molecule has 0 aromatic carbocycles. The van der Waals surface area contributed by atoms with Crippen molar-refractivity contribution < 1.29 is 9.90 Å². The van der Waals surface area contributed by atoms with Crippen molar-refractivity contribution in [2.24, 2.45) is 34.0 Å². The van der Waals surface area contributed by atoms with Gasteiger partial charge in [0.15, 0.2) is 5.78 Å². The van der Waals surface area contributed by atoms with Crippen molar-refractivity contribution in [2.75, 3.05) is 0 Å². The Hall–Kier alpha value is -0.150. The molecule has 126 valence electrons. The van der Waals surface area contributed by atoms with Gasteiger partial charge in [-0.1, -0.05) is 13.8 Å². The number of hydrogen-bond donors (Lipinski definition) is 1. The summed E-state index contributed by atoms with van der Waals surface area (Å²) in [6.45, 7) is 4.82. The molecule has 0 bridgehead atoms. The second-order valence-corrected chi connectivity index (χ2v) is 10.3. The predicted molar refractivity (Wildman–Crippen MR) is 93.0 cm³/mol. The minimum atomic E-state index is -0.0772. The van der Waals surface area contributed by atoms with E-state index in [4.69, 9.17) is 0 Å². The molecule has 0 aliphatic heterocycles. The lowest BCUT2D eigenvalue weighted by atomic mass is 9.45. The van der Waals surface area contributed by atoms with Crippen LogP contribution in [0.4, 0.5) is 0 Å². The fourth-order valence-electron chi connectivity index (χ4n) is 7.85. The van der Waals surface area contributed by atoms with Crippen LogP contribution in [0, 0.1) is 34.0 Å². The van der Waals surface area contributed by atoms with Crippen molar-refractivity contribution in [3.63, 3.8) is 0 Å². The van der Waals surface area contributed by atoms with Crippen LogP contribution in [0.3, 0.4) is 0 Å². The Morgan fingerprint density at radius 3 is 2.70 bits per heavy atom. The van der Waals surface area contributed by atoms with E-state index in [-0.39, 0.29) is 16.9 Å². The Balaban J connectivity index is 1.59. The van der Waals surface area contributed by atoms with E-state index in [2.05, 4.69) is 29.8 Å². The van der Waals surface area contributed by atoms with E-state index in [1.54, 1.807) is 0 Å². The number of allylic oxidation sites excluding steroid dienone is 1. The van der Waals surface area contributed by atoms with Gasteiger partial charge in [0.2, 0.25) is 0 Å². The average molecular weight is 379 g/mol. The zero-order valence-electron chi connectivity index (χ0n) is 14.2. The zero-order valence-corrected chi connectivity index (χ0v) is 15.8. The fourth-order valence-corrected chi connectivity index (χ4v) is 8.70. The zero-order chi connectivity index (χ0) is 16.2. The van der Waals surface area contributed by atoms with Gasteiger partial charge in [0.25, 0.3) is 0 Å². The number of Topliss-reactive ketones (excluding diaryl/α,β-unsaturated/α-hetero) is 1. The smallest absolute Gasteiger partial charge is 0.169 e. The number of halogens is 1. The van der Waals surface area contributed by atoms with Gasteiger partial charge < -0.3 is 5.11 Å². The number of carbonyl (C=O) groups excluding carboxylic acids is 1. The van der Waals surface area contributed by atoms with Gasteiger partial charge >= 0.3 is 0 Å². The summed E-state index contributed by atoms with van der Waals surface area (Å²) in [6, 6.07) is 0. The molecule has 0 unspecified atom stereocenters. The number of ketones is 1. The van der Waals surface area contributed by atoms with Gasteiger partial charge in [-0.2, -0.15) is 0 Å². The van der Waals surface area contributed by atoms with Crippen LogP contribution in [-0.4, -0.2) is 17.0 Å². The third-order valence-corrected chi connectivity index (χ3v) is 10.1. The first kappa shape index (κ1) is 15.1. The third-order valence-electron chi connectivity index (χ3n) is 9.18. The Kier molecular flexibility index (Phi) is 2.85. The van der Waals surface area contributed by atoms with E-state index in [0.29, 0.717) is 17.6 Å². The standard InChI is InChI=1S/C20H27BrO2/c1-18-7-6-15(22)17(21)14(18)4-3-13-12(18)5-8-19(2)16(23)9-11-10-20(11,13)19/h11-13,16,23H,3-10H2,1-2H3/t11-,12+,13-,16+,18-,19-,20+/m1/s1. The van der Waals surface area contributed by atoms with Gasteiger partial charge in [-0.25, -0.2) is 0 Å². The quantitative estimate of drug-likeness (QED) is 0.668. The lowest BCUT2D eigenvalue weighted by Crippen LogP contribution is -2.53. The highest BCUT2D eigenvalue weighted by atomic mass is 79.9. The number of rotatable bonds is 0. The molecular weight excluding hydrogens is 352 g/mol. The van der Waals surface area contributed by atoms with E-state index in [1.807, 2.05) is 0 Å². The van der Waals surface area contributed by atoms with Crippen LogP contribution >= 0.6 is 15.9 Å². The van der Waals surface area contributed by atoms with Crippen molar-refractivity contribution in [3.8, 4) is 0 Å². The van der Waals surface area contributed by atoms with E-state index >= 15 is 0 Å². The summed E-state index contributed by atoms with van der Waals surface area (Å²) >= 11 is 3.64. The van der Waals surface area contributed by atoms with Gasteiger partial charge in [-0.05, 0) is 100 Å². The molecule has 4 saturated carbocycles. The molecule has 0 radical (unpaired) electrons. The topological polar surface area (TPSA) is 37.3 Å². The maximum Gasteiger partial charge on any atom is 0.169 e. The van der Waals surface area contributed by atoms with E-state index in [1.165, 1.54) is 31.3 Å². The molecule has 5 rings (SSSR count). The number of hydrogen-bond acceptors (Lipinski definition) is 2. The highest BCUT2D eigenvalue weighted by molar-refractivity contribution is 9.12. The highest BCUT2D eigenvalue weighted by Gasteiger charge is 2.77. The number of aliphatic hydroxyl groups is 1. The predicted octanol–water partition coefficient (Wildman–Crippen LogP) is 4.60. The van der Waals surface area contributed by atoms with Crippen LogP contribution in [-0.2, 0) is 4.79 Å². The van der Waals surface area contributed by atoms with Gasteiger partial charge in [0.05, 0.1) is 10.6 Å². The first-order chi connectivity index (χ1) is 10.8. The van der Waals surface area contributed by atoms with Crippen molar-refractivity contribution in [2.45, 2.75) is 71.3 Å². The average Bonchev–Trinajstić information content (AvgIpc) is 3.17. The van der Waals surface area contributed by atoms with E-state index in [0.717, 1.165) is 41.5 Å².